The van der Waals surface area contributed by atoms with Crippen LogP contribution in [0.25, 0.3) is 0 Å². The smallest absolute Gasteiger partial charge is 0.403 e. The van der Waals surface area contributed by atoms with E-state index in [4.69, 9.17) is 10.2 Å². The van der Waals surface area contributed by atoms with Crippen molar-refractivity contribution in [3.8, 4) is 0 Å². The number of furan rings is 1. The van der Waals surface area contributed by atoms with Gasteiger partial charge in [0.1, 0.15) is 16.3 Å². The molecule has 0 spiro atoms. The zero-order valence-corrected chi connectivity index (χ0v) is 7.06. The SMILES string of the molecule is CC(O)(CN)c1ccc([N+](=O)[O-])o1. The Morgan fingerprint density at radius 3 is 2.77 bits per heavy atom. The topological polar surface area (TPSA) is 103 Å². The first kappa shape index (κ1) is 9.69. The van der Waals surface area contributed by atoms with E-state index in [1.165, 1.54) is 19.1 Å². The van der Waals surface area contributed by atoms with Gasteiger partial charge in [0.25, 0.3) is 0 Å². The zero-order chi connectivity index (χ0) is 10.1. The van der Waals surface area contributed by atoms with Gasteiger partial charge in [-0.1, -0.05) is 0 Å². The first-order chi connectivity index (χ1) is 5.97. The molecule has 3 N–H and O–H groups in total. The summed E-state index contributed by atoms with van der Waals surface area (Å²) in [7, 11) is 0. The Bertz CT molecular complexity index is 318. The van der Waals surface area contributed by atoms with Crippen molar-refractivity contribution >= 4 is 5.88 Å². The van der Waals surface area contributed by atoms with E-state index in [2.05, 4.69) is 0 Å². The van der Waals surface area contributed by atoms with Gasteiger partial charge in [0.2, 0.25) is 0 Å². The van der Waals surface area contributed by atoms with E-state index in [0.29, 0.717) is 0 Å². The van der Waals surface area contributed by atoms with Gasteiger partial charge in [0.05, 0.1) is 6.07 Å². The molecule has 0 fully saturated rings. The number of aliphatic hydroxyl groups is 1. The lowest BCUT2D eigenvalue weighted by Gasteiger charge is -2.16. The first-order valence-electron chi connectivity index (χ1n) is 3.64. The van der Waals surface area contributed by atoms with E-state index in [1.54, 1.807) is 0 Å². The van der Waals surface area contributed by atoms with Crippen molar-refractivity contribution in [3.05, 3.63) is 28.0 Å². The van der Waals surface area contributed by atoms with Gasteiger partial charge in [-0.15, -0.1) is 0 Å². The summed E-state index contributed by atoms with van der Waals surface area (Å²) in [5, 5.41) is 19.8. The van der Waals surface area contributed by atoms with Crippen molar-refractivity contribution in [1.29, 1.82) is 0 Å². The maximum absolute atomic E-state index is 10.2. The highest BCUT2D eigenvalue weighted by atomic mass is 16.6. The molecule has 72 valence electrons. The first-order valence-corrected chi connectivity index (χ1v) is 3.64. The van der Waals surface area contributed by atoms with Crippen LogP contribution in [0.5, 0.6) is 0 Å². The van der Waals surface area contributed by atoms with Crippen molar-refractivity contribution in [3.63, 3.8) is 0 Å². The van der Waals surface area contributed by atoms with Gasteiger partial charge in [-0.2, -0.15) is 0 Å². The van der Waals surface area contributed by atoms with E-state index in [-0.39, 0.29) is 12.3 Å². The third-order valence-electron chi connectivity index (χ3n) is 1.70. The summed E-state index contributed by atoms with van der Waals surface area (Å²) in [6.07, 6.45) is 0. The van der Waals surface area contributed by atoms with Gasteiger partial charge in [0, 0.05) is 6.54 Å². The van der Waals surface area contributed by atoms with Gasteiger partial charge in [-0.05, 0) is 13.0 Å². The molecule has 13 heavy (non-hydrogen) atoms. The van der Waals surface area contributed by atoms with Crippen molar-refractivity contribution in [2.45, 2.75) is 12.5 Å². The fourth-order valence-corrected chi connectivity index (χ4v) is 0.816. The summed E-state index contributed by atoms with van der Waals surface area (Å²) in [5.74, 6) is -0.301. The number of hydrogen-bond donors (Lipinski definition) is 2. The van der Waals surface area contributed by atoms with E-state index in [1.807, 2.05) is 0 Å². The molecule has 1 aromatic heterocycles. The Balaban J connectivity index is 2.98. The fraction of sp³-hybridized carbons (Fsp3) is 0.429. The van der Waals surface area contributed by atoms with Gasteiger partial charge < -0.3 is 15.3 Å². The maximum atomic E-state index is 10.2. The molecule has 0 bridgehead atoms. The molecule has 0 saturated heterocycles. The van der Waals surface area contributed by atoms with Crippen LogP contribution in [0.3, 0.4) is 0 Å². The molecule has 6 nitrogen and oxygen atoms in total. The summed E-state index contributed by atoms with van der Waals surface area (Å²) in [5.41, 5.74) is 3.89. The summed E-state index contributed by atoms with van der Waals surface area (Å²) in [6, 6.07) is 2.52. The maximum Gasteiger partial charge on any atom is 0.433 e. The van der Waals surface area contributed by atoms with Crippen LogP contribution in [0.2, 0.25) is 0 Å². The minimum Gasteiger partial charge on any atom is -0.403 e. The third-order valence-corrected chi connectivity index (χ3v) is 1.70. The predicted molar refractivity (Wildman–Crippen MR) is 44.0 cm³/mol. The van der Waals surface area contributed by atoms with Crippen molar-refractivity contribution in [1.82, 2.24) is 0 Å². The van der Waals surface area contributed by atoms with Gasteiger partial charge in [-0.3, -0.25) is 10.1 Å². The highest BCUT2D eigenvalue weighted by Crippen LogP contribution is 2.25. The van der Waals surface area contributed by atoms with Crippen LogP contribution in [0.15, 0.2) is 16.5 Å². The molecule has 0 aromatic carbocycles. The van der Waals surface area contributed by atoms with Crippen LogP contribution < -0.4 is 5.73 Å². The summed E-state index contributed by atoms with van der Waals surface area (Å²) in [6.45, 7) is 1.37. The van der Waals surface area contributed by atoms with Crippen LogP contribution in [0.1, 0.15) is 12.7 Å². The van der Waals surface area contributed by atoms with E-state index in [9.17, 15) is 15.2 Å². The average molecular weight is 186 g/mol. The molecule has 6 heteroatoms. The Morgan fingerprint density at radius 2 is 2.38 bits per heavy atom. The van der Waals surface area contributed by atoms with Gasteiger partial charge in [-0.25, -0.2) is 0 Å². The quantitative estimate of drug-likeness (QED) is 0.523. The lowest BCUT2D eigenvalue weighted by atomic mass is 10.1. The molecule has 1 atom stereocenters. The molecule has 0 amide bonds. The summed E-state index contributed by atoms with van der Waals surface area (Å²) < 4.78 is 4.77. The van der Waals surface area contributed by atoms with E-state index >= 15 is 0 Å². The van der Waals surface area contributed by atoms with Crippen LogP contribution in [-0.4, -0.2) is 16.6 Å². The molecule has 1 aromatic rings. The molecular weight excluding hydrogens is 176 g/mol. The monoisotopic (exact) mass is 186 g/mol. The number of nitro groups is 1. The molecule has 0 aliphatic heterocycles. The van der Waals surface area contributed by atoms with Crippen molar-refractivity contribution in [2.75, 3.05) is 6.54 Å². The molecule has 1 unspecified atom stereocenters. The highest BCUT2D eigenvalue weighted by molar-refractivity contribution is 5.21. The van der Waals surface area contributed by atoms with Crippen molar-refractivity contribution < 1.29 is 14.4 Å². The largest absolute Gasteiger partial charge is 0.433 e. The van der Waals surface area contributed by atoms with E-state index in [0.717, 1.165) is 0 Å². The average Bonchev–Trinajstić information content (AvgIpc) is 2.52. The lowest BCUT2D eigenvalue weighted by Crippen LogP contribution is -2.30. The van der Waals surface area contributed by atoms with Crippen LogP contribution in [0.4, 0.5) is 5.88 Å². The third kappa shape index (κ3) is 1.85. The second-order valence-electron chi connectivity index (χ2n) is 2.87. The summed E-state index contributed by atoms with van der Waals surface area (Å²) >= 11 is 0. The number of hydrogen-bond acceptors (Lipinski definition) is 5. The second kappa shape index (κ2) is 3.15. The Morgan fingerprint density at radius 1 is 1.77 bits per heavy atom. The normalized spacial score (nSPS) is 15.3. The zero-order valence-electron chi connectivity index (χ0n) is 7.06. The Labute approximate surface area is 74.1 Å². The van der Waals surface area contributed by atoms with Crippen molar-refractivity contribution in [2.24, 2.45) is 5.73 Å². The van der Waals surface area contributed by atoms with Gasteiger partial charge >= 0.3 is 5.88 Å². The van der Waals surface area contributed by atoms with Crippen LogP contribution in [-0.2, 0) is 5.60 Å². The number of rotatable bonds is 3. The number of nitrogens with zero attached hydrogens (tertiary/aromatic N) is 1. The van der Waals surface area contributed by atoms with Crippen LogP contribution >= 0.6 is 0 Å². The summed E-state index contributed by atoms with van der Waals surface area (Å²) in [4.78, 5) is 9.56. The van der Waals surface area contributed by atoms with E-state index < -0.39 is 16.4 Å². The second-order valence-corrected chi connectivity index (χ2v) is 2.87. The molecule has 1 heterocycles. The highest BCUT2D eigenvalue weighted by Gasteiger charge is 2.27. The molecular formula is C7H10N2O4. The minimum atomic E-state index is -1.35. The predicted octanol–water partition coefficient (Wildman–Crippen LogP) is 0.354. The minimum absolute atomic E-state index is 0.0579. The Kier molecular flexibility index (Phi) is 2.35. The standard InChI is InChI=1S/C7H10N2O4/c1-7(10,4-8)5-2-3-6(13-5)9(11)12/h2-3,10H,4,8H2,1H3. The lowest BCUT2D eigenvalue weighted by molar-refractivity contribution is -0.402. The van der Waals surface area contributed by atoms with Crippen LogP contribution in [0, 0.1) is 10.1 Å². The molecule has 0 aliphatic carbocycles. The molecule has 0 radical (unpaired) electrons. The fourth-order valence-electron chi connectivity index (χ4n) is 0.816. The Hall–Kier alpha value is -1.40. The molecule has 0 aliphatic rings. The molecule has 0 saturated carbocycles. The number of nitrogens with two attached hydrogens (primary N) is 1. The molecule has 1 rings (SSSR count). The van der Waals surface area contributed by atoms with Gasteiger partial charge in [0.15, 0.2) is 0 Å².